The summed E-state index contributed by atoms with van der Waals surface area (Å²) in [6.45, 7) is 1.99. The van der Waals surface area contributed by atoms with E-state index in [2.05, 4.69) is 10.1 Å². The third-order valence-electron chi connectivity index (χ3n) is 2.68. The van der Waals surface area contributed by atoms with Crippen molar-refractivity contribution in [3.63, 3.8) is 0 Å². The lowest BCUT2D eigenvalue weighted by molar-refractivity contribution is 0.203. The van der Waals surface area contributed by atoms with Crippen LogP contribution in [-0.2, 0) is 4.74 Å². The van der Waals surface area contributed by atoms with Gasteiger partial charge in [0.25, 0.3) is 0 Å². The van der Waals surface area contributed by atoms with Crippen LogP contribution in [0.1, 0.15) is 12.7 Å². The van der Waals surface area contributed by atoms with Crippen molar-refractivity contribution < 1.29 is 9.26 Å². The number of hydrogen-bond donors (Lipinski definition) is 0. The molecule has 0 N–H and O–H groups in total. The molecule has 0 amide bonds. The third-order valence-corrected chi connectivity index (χ3v) is 2.68. The van der Waals surface area contributed by atoms with Gasteiger partial charge < -0.3 is 14.2 Å². The van der Waals surface area contributed by atoms with E-state index in [9.17, 15) is 0 Å². The molecule has 2 aromatic rings. The second-order valence-electron chi connectivity index (χ2n) is 3.83. The number of para-hydroxylation sites is 1. The highest BCUT2D eigenvalue weighted by atomic mass is 16.5. The second kappa shape index (κ2) is 3.97. The van der Waals surface area contributed by atoms with Gasteiger partial charge in [-0.15, -0.1) is 0 Å². The van der Waals surface area contributed by atoms with Crippen LogP contribution in [-0.4, -0.2) is 11.4 Å². The van der Waals surface area contributed by atoms with E-state index in [0.717, 1.165) is 5.69 Å². The lowest BCUT2D eigenvalue weighted by atomic mass is 10.3. The second-order valence-corrected chi connectivity index (χ2v) is 3.83. The smallest absolute Gasteiger partial charge is 0.203 e. The minimum Gasteiger partial charge on any atom is -0.465 e. The number of rotatable bonds is 2. The first-order chi connectivity index (χ1) is 8.34. The summed E-state index contributed by atoms with van der Waals surface area (Å²) < 4.78 is 10.8. The quantitative estimate of drug-likeness (QED) is 0.792. The molecule has 0 spiro atoms. The van der Waals surface area contributed by atoms with Crippen LogP contribution in [0.4, 0.5) is 5.69 Å². The van der Waals surface area contributed by atoms with Gasteiger partial charge >= 0.3 is 0 Å². The van der Waals surface area contributed by atoms with Crippen LogP contribution < -0.4 is 4.90 Å². The van der Waals surface area contributed by atoms with Gasteiger partial charge in [-0.25, -0.2) is 0 Å². The number of ether oxygens (including phenoxy) is 1. The highest BCUT2D eigenvalue weighted by molar-refractivity contribution is 5.64. The van der Waals surface area contributed by atoms with Crippen molar-refractivity contribution in [2.45, 2.75) is 13.2 Å². The molecule has 0 aliphatic carbocycles. The van der Waals surface area contributed by atoms with Gasteiger partial charge in [0.2, 0.25) is 5.76 Å². The average molecular weight is 228 g/mol. The molecular formula is C13H12N2O2. The fourth-order valence-corrected chi connectivity index (χ4v) is 1.85. The summed E-state index contributed by atoms with van der Waals surface area (Å²) in [5.41, 5.74) is 1.09. The summed E-state index contributed by atoms with van der Waals surface area (Å²) >= 11 is 0. The van der Waals surface area contributed by atoms with Crippen LogP contribution in [0.2, 0.25) is 0 Å². The molecule has 1 aliphatic rings. The molecule has 86 valence electrons. The summed E-state index contributed by atoms with van der Waals surface area (Å²) in [6.07, 6.45) is 3.49. The van der Waals surface area contributed by atoms with Gasteiger partial charge in [-0.05, 0) is 19.1 Å². The van der Waals surface area contributed by atoms with E-state index in [1.54, 1.807) is 12.3 Å². The Morgan fingerprint density at radius 2 is 2.00 bits per heavy atom. The SMILES string of the molecule is CC1OC(c2ccno2)=CN1c1ccccc1. The highest BCUT2D eigenvalue weighted by Gasteiger charge is 2.25. The van der Waals surface area contributed by atoms with Gasteiger partial charge in [0.1, 0.15) is 0 Å². The van der Waals surface area contributed by atoms with Gasteiger partial charge in [-0.1, -0.05) is 23.4 Å². The summed E-state index contributed by atoms with van der Waals surface area (Å²) in [4.78, 5) is 2.05. The summed E-state index contributed by atoms with van der Waals surface area (Å²) in [7, 11) is 0. The van der Waals surface area contributed by atoms with E-state index in [1.165, 1.54) is 0 Å². The van der Waals surface area contributed by atoms with E-state index in [0.29, 0.717) is 11.5 Å². The van der Waals surface area contributed by atoms with Gasteiger partial charge in [0, 0.05) is 11.8 Å². The minimum absolute atomic E-state index is 0.0440. The van der Waals surface area contributed by atoms with Crippen LogP contribution in [0.5, 0.6) is 0 Å². The molecule has 1 aliphatic heterocycles. The zero-order chi connectivity index (χ0) is 11.7. The molecule has 0 saturated carbocycles. The van der Waals surface area contributed by atoms with Crippen molar-refractivity contribution in [1.29, 1.82) is 0 Å². The van der Waals surface area contributed by atoms with Crippen molar-refractivity contribution >= 4 is 11.4 Å². The van der Waals surface area contributed by atoms with E-state index < -0.39 is 0 Å². The Balaban J connectivity index is 1.92. The fourth-order valence-electron chi connectivity index (χ4n) is 1.85. The predicted octanol–water partition coefficient (Wildman–Crippen LogP) is 2.86. The third kappa shape index (κ3) is 1.78. The van der Waals surface area contributed by atoms with E-state index in [4.69, 9.17) is 9.26 Å². The largest absolute Gasteiger partial charge is 0.465 e. The van der Waals surface area contributed by atoms with E-state index >= 15 is 0 Å². The molecule has 0 saturated heterocycles. The molecule has 4 nitrogen and oxygen atoms in total. The zero-order valence-electron chi connectivity index (χ0n) is 9.41. The topological polar surface area (TPSA) is 38.5 Å². The van der Waals surface area contributed by atoms with Crippen LogP contribution >= 0.6 is 0 Å². The molecule has 1 unspecified atom stereocenters. The van der Waals surface area contributed by atoms with E-state index in [1.807, 2.05) is 43.5 Å². The minimum atomic E-state index is -0.0440. The molecule has 1 aromatic heterocycles. The predicted molar refractivity (Wildman–Crippen MR) is 63.9 cm³/mol. The van der Waals surface area contributed by atoms with Crippen LogP contribution in [0.25, 0.3) is 5.76 Å². The Labute approximate surface area is 99.1 Å². The van der Waals surface area contributed by atoms with E-state index in [-0.39, 0.29) is 6.23 Å². The van der Waals surface area contributed by atoms with Gasteiger partial charge in [-0.3, -0.25) is 0 Å². The first-order valence-electron chi connectivity index (χ1n) is 5.47. The number of aromatic nitrogens is 1. The highest BCUT2D eigenvalue weighted by Crippen LogP contribution is 2.30. The maximum Gasteiger partial charge on any atom is 0.203 e. The van der Waals surface area contributed by atoms with Gasteiger partial charge in [0.15, 0.2) is 12.0 Å². The molecule has 0 fully saturated rings. The zero-order valence-corrected chi connectivity index (χ0v) is 9.41. The number of nitrogens with zero attached hydrogens (tertiary/aromatic N) is 2. The van der Waals surface area contributed by atoms with Crippen LogP contribution in [0.3, 0.4) is 0 Å². The van der Waals surface area contributed by atoms with Gasteiger partial charge in [0.05, 0.1) is 12.4 Å². The normalized spacial score (nSPS) is 19.0. The Morgan fingerprint density at radius 1 is 1.18 bits per heavy atom. The number of hydrogen-bond acceptors (Lipinski definition) is 4. The Hall–Kier alpha value is -2.23. The van der Waals surface area contributed by atoms with Crippen molar-refractivity contribution in [2.75, 3.05) is 4.90 Å². The molecular weight excluding hydrogens is 216 g/mol. The molecule has 2 heterocycles. The maximum atomic E-state index is 5.73. The molecule has 0 bridgehead atoms. The van der Waals surface area contributed by atoms with Crippen molar-refractivity contribution in [3.8, 4) is 0 Å². The standard InChI is InChI=1S/C13H12N2O2/c1-10-15(11-5-3-2-4-6-11)9-13(16-10)12-7-8-14-17-12/h2-10H,1H3. The Morgan fingerprint density at radius 3 is 2.71 bits per heavy atom. The number of benzene rings is 1. The van der Waals surface area contributed by atoms with Gasteiger partial charge in [-0.2, -0.15) is 0 Å². The maximum absolute atomic E-state index is 5.73. The van der Waals surface area contributed by atoms with Crippen molar-refractivity contribution in [2.24, 2.45) is 0 Å². The molecule has 1 atom stereocenters. The first-order valence-corrected chi connectivity index (χ1v) is 5.47. The van der Waals surface area contributed by atoms with Crippen LogP contribution in [0, 0.1) is 0 Å². The molecule has 0 radical (unpaired) electrons. The molecule has 3 rings (SSSR count). The van der Waals surface area contributed by atoms with Crippen LogP contribution in [0.15, 0.2) is 53.3 Å². The van der Waals surface area contributed by atoms with Crippen molar-refractivity contribution in [1.82, 2.24) is 5.16 Å². The summed E-state index contributed by atoms with van der Waals surface area (Å²) in [5, 5.41) is 3.68. The lowest BCUT2D eigenvalue weighted by Gasteiger charge is -2.20. The fraction of sp³-hybridized carbons (Fsp3) is 0.154. The molecule has 1 aromatic carbocycles. The number of anilines is 1. The van der Waals surface area contributed by atoms with Crippen molar-refractivity contribution in [3.05, 3.63) is 54.6 Å². The lowest BCUT2D eigenvalue weighted by Crippen LogP contribution is -2.23. The molecule has 4 heteroatoms. The summed E-state index contributed by atoms with van der Waals surface area (Å²) in [6, 6.07) is 11.9. The summed E-state index contributed by atoms with van der Waals surface area (Å²) in [5.74, 6) is 1.36. The Bertz CT molecular complexity index is 520. The Kier molecular flexibility index (Phi) is 2.33. The monoisotopic (exact) mass is 228 g/mol. The average Bonchev–Trinajstić information content (AvgIpc) is 2.99. The first kappa shape index (κ1) is 9.96. The molecule has 17 heavy (non-hydrogen) atoms.